The van der Waals surface area contributed by atoms with E-state index in [2.05, 4.69) is 27.9 Å². The topological polar surface area (TPSA) is 29.1 Å². The first-order chi connectivity index (χ1) is 8.63. The van der Waals surface area contributed by atoms with E-state index in [1.807, 2.05) is 18.2 Å². The molecule has 1 N–H and O–H groups in total. The quantitative estimate of drug-likeness (QED) is 0.766. The summed E-state index contributed by atoms with van der Waals surface area (Å²) in [6, 6.07) is 5.58. The molecular formula is C14H15ClINO. The van der Waals surface area contributed by atoms with E-state index in [-0.39, 0.29) is 11.8 Å². The van der Waals surface area contributed by atoms with Crippen molar-refractivity contribution in [2.45, 2.75) is 25.7 Å². The summed E-state index contributed by atoms with van der Waals surface area (Å²) in [5, 5.41) is 3.76. The number of hydrogen-bond acceptors (Lipinski definition) is 1. The Balaban J connectivity index is 1.71. The molecule has 0 aliphatic heterocycles. The number of hydrogen-bond donors (Lipinski definition) is 1. The number of nitrogens with one attached hydrogen (secondary N) is 1. The Kier molecular flexibility index (Phi) is 3.54. The molecule has 0 radical (unpaired) electrons. The molecule has 2 nitrogen and oxygen atoms in total. The standard InChI is InChI=1S/C14H15ClINO/c15-10-3-4-13(12(16)7-10)17-14(18)11-6-8-1-2-9(11)5-8/h3-4,7-9,11H,1-2,5-6H2,(H,17,18). The van der Waals surface area contributed by atoms with E-state index in [0.29, 0.717) is 10.9 Å². The molecule has 2 saturated carbocycles. The maximum atomic E-state index is 12.3. The van der Waals surface area contributed by atoms with Crippen LogP contribution in [0.4, 0.5) is 5.69 Å². The molecular weight excluding hydrogens is 361 g/mol. The van der Waals surface area contributed by atoms with Crippen molar-refractivity contribution in [3.8, 4) is 0 Å². The molecule has 1 aromatic carbocycles. The zero-order chi connectivity index (χ0) is 12.7. The second-order valence-electron chi connectivity index (χ2n) is 5.39. The third-order valence-corrected chi connectivity index (χ3v) is 5.39. The molecule has 4 heteroatoms. The van der Waals surface area contributed by atoms with Crippen molar-refractivity contribution in [1.29, 1.82) is 0 Å². The Bertz CT molecular complexity index is 491. The van der Waals surface area contributed by atoms with Gasteiger partial charge in [0.1, 0.15) is 0 Å². The van der Waals surface area contributed by atoms with Gasteiger partial charge in [-0.05, 0) is 71.9 Å². The minimum absolute atomic E-state index is 0.197. The summed E-state index contributed by atoms with van der Waals surface area (Å²) in [4.78, 5) is 12.3. The fourth-order valence-corrected chi connectivity index (χ4v) is 4.39. The molecule has 3 unspecified atom stereocenters. The van der Waals surface area contributed by atoms with Gasteiger partial charge >= 0.3 is 0 Å². The summed E-state index contributed by atoms with van der Waals surface area (Å²) in [5.41, 5.74) is 0.882. The van der Waals surface area contributed by atoms with Gasteiger partial charge < -0.3 is 5.32 Å². The van der Waals surface area contributed by atoms with E-state index in [9.17, 15) is 4.79 Å². The van der Waals surface area contributed by atoms with Gasteiger partial charge in [0.15, 0.2) is 0 Å². The second kappa shape index (κ2) is 5.00. The van der Waals surface area contributed by atoms with Crippen LogP contribution in [0.15, 0.2) is 18.2 Å². The van der Waals surface area contributed by atoms with Gasteiger partial charge in [-0.15, -0.1) is 0 Å². The first-order valence-electron chi connectivity index (χ1n) is 6.39. The van der Waals surface area contributed by atoms with Crippen LogP contribution in [0.25, 0.3) is 0 Å². The minimum Gasteiger partial charge on any atom is -0.325 e. The maximum absolute atomic E-state index is 12.3. The van der Waals surface area contributed by atoms with E-state index in [0.717, 1.165) is 21.6 Å². The van der Waals surface area contributed by atoms with E-state index in [1.54, 1.807) is 0 Å². The summed E-state index contributed by atoms with van der Waals surface area (Å²) in [6.45, 7) is 0. The Labute approximate surface area is 126 Å². The summed E-state index contributed by atoms with van der Waals surface area (Å²) in [6.07, 6.45) is 4.91. The summed E-state index contributed by atoms with van der Waals surface area (Å²) >= 11 is 8.12. The number of halogens is 2. The molecule has 3 rings (SSSR count). The highest BCUT2D eigenvalue weighted by molar-refractivity contribution is 14.1. The van der Waals surface area contributed by atoms with Crippen LogP contribution in [0, 0.1) is 21.3 Å². The average molecular weight is 376 g/mol. The van der Waals surface area contributed by atoms with E-state index in [1.165, 1.54) is 19.3 Å². The SMILES string of the molecule is O=C(Nc1ccc(Cl)cc1I)C1CC2CCC1C2. The van der Waals surface area contributed by atoms with E-state index >= 15 is 0 Å². The summed E-state index contributed by atoms with van der Waals surface area (Å²) in [5.74, 6) is 1.85. The molecule has 0 saturated heterocycles. The van der Waals surface area contributed by atoms with Crippen LogP contribution in [0.3, 0.4) is 0 Å². The highest BCUT2D eigenvalue weighted by atomic mass is 127. The number of carbonyl (C=O) groups excluding carboxylic acids is 1. The van der Waals surface area contributed by atoms with Crippen molar-refractivity contribution >= 4 is 45.8 Å². The lowest BCUT2D eigenvalue weighted by Crippen LogP contribution is -2.27. The summed E-state index contributed by atoms with van der Waals surface area (Å²) < 4.78 is 0.997. The average Bonchev–Trinajstić information content (AvgIpc) is 2.94. The van der Waals surface area contributed by atoms with Crippen LogP contribution in [0.2, 0.25) is 5.02 Å². The van der Waals surface area contributed by atoms with Crippen molar-refractivity contribution < 1.29 is 4.79 Å². The Hall–Kier alpha value is -0.290. The zero-order valence-corrected chi connectivity index (χ0v) is 12.9. The lowest BCUT2D eigenvalue weighted by molar-refractivity contribution is -0.121. The molecule has 1 amide bonds. The Morgan fingerprint density at radius 2 is 2.17 bits per heavy atom. The number of fused-ring (bicyclic) bond motifs is 2. The maximum Gasteiger partial charge on any atom is 0.227 e. The fourth-order valence-electron chi connectivity index (χ4n) is 3.38. The fraction of sp³-hybridized carbons (Fsp3) is 0.500. The highest BCUT2D eigenvalue weighted by Crippen LogP contribution is 2.48. The van der Waals surface area contributed by atoms with Gasteiger partial charge in [0.2, 0.25) is 5.91 Å². The van der Waals surface area contributed by atoms with Crippen molar-refractivity contribution in [2.75, 3.05) is 5.32 Å². The van der Waals surface area contributed by atoms with E-state index in [4.69, 9.17) is 11.6 Å². The first kappa shape index (κ1) is 12.7. The lowest BCUT2D eigenvalue weighted by atomic mass is 9.88. The molecule has 2 aliphatic carbocycles. The third-order valence-electron chi connectivity index (χ3n) is 4.26. The number of amides is 1. The minimum atomic E-state index is 0.197. The van der Waals surface area contributed by atoms with Gasteiger partial charge in [0.25, 0.3) is 0 Å². The molecule has 3 atom stereocenters. The van der Waals surface area contributed by atoms with Crippen LogP contribution in [0.1, 0.15) is 25.7 Å². The predicted octanol–water partition coefficient (Wildman–Crippen LogP) is 4.32. The third kappa shape index (κ3) is 2.39. The van der Waals surface area contributed by atoms with Crippen LogP contribution in [-0.2, 0) is 4.79 Å². The monoisotopic (exact) mass is 375 g/mol. The number of anilines is 1. The number of carbonyl (C=O) groups is 1. The van der Waals surface area contributed by atoms with Gasteiger partial charge in [0.05, 0.1) is 5.69 Å². The molecule has 1 aromatic rings. The number of benzene rings is 1. The summed E-state index contributed by atoms with van der Waals surface area (Å²) in [7, 11) is 0. The van der Waals surface area contributed by atoms with Crippen LogP contribution in [0.5, 0.6) is 0 Å². The van der Waals surface area contributed by atoms with Gasteiger partial charge in [-0.25, -0.2) is 0 Å². The predicted molar refractivity (Wildman–Crippen MR) is 81.7 cm³/mol. The van der Waals surface area contributed by atoms with Crippen LogP contribution < -0.4 is 5.32 Å². The van der Waals surface area contributed by atoms with Crippen LogP contribution >= 0.6 is 34.2 Å². The molecule has 0 heterocycles. The molecule has 2 aliphatic rings. The molecule has 2 fully saturated rings. The Morgan fingerprint density at radius 1 is 1.33 bits per heavy atom. The number of rotatable bonds is 2. The first-order valence-corrected chi connectivity index (χ1v) is 7.85. The van der Waals surface area contributed by atoms with Gasteiger partial charge in [0, 0.05) is 14.5 Å². The van der Waals surface area contributed by atoms with Crippen molar-refractivity contribution in [1.82, 2.24) is 0 Å². The zero-order valence-electron chi connectivity index (χ0n) is 9.96. The highest BCUT2D eigenvalue weighted by Gasteiger charge is 2.43. The molecule has 2 bridgehead atoms. The molecule has 0 aromatic heterocycles. The van der Waals surface area contributed by atoms with E-state index < -0.39 is 0 Å². The van der Waals surface area contributed by atoms with Gasteiger partial charge in [-0.1, -0.05) is 18.0 Å². The molecule has 96 valence electrons. The van der Waals surface area contributed by atoms with Crippen LogP contribution in [-0.4, -0.2) is 5.91 Å². The van der Waals surface area contributed by atoms with Crippen molar-refractivity contribution in [3.63, 3.8) is 0 Å². The van der Waals surface area contributed by atoms with Crippen molar-refractivity contribution in [3.05, 3.63) is 26.8 Å². The van der Waals surface area contributed by atoms with Gasteiger partial charge in [-0.2, -0.15) is 0 Å². The van der Waals surface area contributed by atoms with Crippen molar-refractivity contribution in [2.24, 2.45) is 17.8 Å². The smallest absolute Gasteiger partial charge is 0.227 e. The molecule has 18 heavy (non-hydrogen) atoms. The lowest BCUT2D eigenvalue weighted by Gasteiger charge is -2.21. The molecule has 0 spiro atoms. The van der Waals surface area contributed by atoms with Gasteiger partial charge in [-0.3, -0.25) is 4.79 Å². The Morgan fingerprint density at radius 3 is 2.78 bits per heavy atom. The second-order valence-corrected chi connectivity index (χ2v) is 6.99. The normalized spacial score (nSPS) is 29.6. The largest absolute Gasteiger partial charge is 0.325 e.